The van der Waals surface area contributed by atoms with Gasteiger partial charge in [-0.1, -0.05) is 6.58 Å². The minimum atomic E-state index is 0.290. The number of nitrogens with zero attached hydrogens (tertiary/aromatic N) is 1. The maximum atomic E-state index is 5.16. The largest absolute Gasteiger partial charge is 0.382 e. The van der Waals surface area contributed by atoms with Crippen molar-refractivity contribution in [2.24, 2.45) is 0 Å². The highest BCUT2D eigenvalue weighted by Gasteiger charge is 2.46. The lowest BCUT2D eigenvalue weighted by molar-refractivity contribution is 0.113. The summed E-state index contributed by atoms with van der Waals surface area (Å²) < 4.78 is 5.16. The molecule has 1 aliphatic carbocycles. The molecule has 0 aromatic heterocycles. The third-order valence-corrected chi connectivity index (χ3v) is 2.66. The number of hydrogen-bond donors (Lipinski definition) is 0. The molecule has 1 atom stereocenters. The lowest BCUT2D eigenvalue weighted by Gasteiger charge is -2.28. The third-order valence-electron chi connectivity index (χ3n) is 2.27. The first-order valence-corrected chi connectivity index (χ1v) is 4.69. The zero-order valence-corrected chi connectivity index (χ0v) is 8.20. The van der Waals surface area contributed by atoms with Gasteiger partial charge in [0.25, 0.3) is 0 Å². The van der Waals surface area contributed by atoms with E-state index < -0.39 is 0 Å². The molecule has 0 heterocycles. The predicted molar refractivity (Wildman–Crippen MR) is 50.5 cm³/mol. The van der Waals surface area contributed by atoms with Gasteiger partial charge >= 0.3 is 0 Å². The Hall–Kier alpha value is -0.0700. The summed E-state index contributed by atoms with van der Waals surface area (Å²) in [7, 11) is 4.47. The van der Waals surface area contributed by atoms with Crippen molar-refractivity contribution in [1.82, 2.24) is 4.90 Å². The second-order valence-electron chi connectivity index (χ2n) is 2.99. The lowest BCUT2D eigenvalue weighted by Crippen LogP contribution is -2.35. The van der Waals surface area contributed by atoms with E-state index in [1.54, 1.807) is 7.11 Å². The topological polar surface area (TPSA) is 12.5 Å². The predicted octanol–water partition coefficient (Wildman–Crippen LogP) is 1.44. The van der Waals surface area contributed by atoms with Crippen molar-refractivity contribution < 1.29 is 4.74 Å². The molecule has 0 saturated heterocycles. The molecule has 1 aliphatic rings. The van der Waals surface area contributed by atoms with Gasteiger partial charge in [-0.3, -0.25) is 0 Å². The molecule has 0 aromatic rings. The minimum Gasteiger partial charge on any atom is -0.382 e. The first-order valence-electron chi connectivity index (χ1n) is 3.87. The van der Waals surface area contributed by atoms with E-state index in [-0.39, 0.29) is 5.54 Å². The van der Waals surface area contributed by atoms with Crippen LogP contribution >= 0.6 is 9.24 Å². The summed E-state index contributed by atoms with van der Waals surface area (Å²) in [5.74, 6) is 0. The van der Waals surface area contributed by atoms with Crippen molar-refractivity contribution in [2.75, 3.05) is 20.0 Å². The van der Waals surface area contributed by atoms with Crippen LogP contribution in [-0.2, 0) is 4.74 Å². The molecule has 1 unspecified atom stereocenters. The quantitative estimate of drug-likeness (QED) is 0.583. The summed E-state index contributed by atoms with van der Waals surface area (Å²) in [4.78, 5) is 2.24. The van der Waals surface area contributed by atoms with Crippen LogP contribution in [0.3, 0.4) is 0 Å². The molecular formula is C8H16NOP. The van der Waals surface area contributed by atoms with E-state index in [1.807, 2.05) is 6.20 Å². The summed E-state index contributed by atoms with van der Waals surface area (Å²) in [5.41, 5.74) is 0.290. The SMILES string of the molecule is C=CN(CP)C1(COC)CC1. The van der Waals surface area contributed by atoms with Crippen molar-refractivity contribution in [3.8, 4) is 0 Å². The van der Waals surface area contributed by atoms with Gasteiger partial charge in [-0.25, -0.2) is 0 Å². The average molecular weight is 173 g/mol. The van der Waals surface area contributed by atoms with E-state index in [0.29, 0.717) is 0 Å². The normalized spacial score (nSPS) is 19.5. The molecule has 0 spiro atoms. The second-order valence-corrected chi connectivity index (χ2v) is 3.36. The van der Waals surface area contributed by atoms with Crippen LogP contribution in [0.25, 0.3) is 0 Å². The van der Waals surface area contributed by atoms with Gasteiger partial charge in [0.1, 0.15) is 0 Å². The number of hydrogen-bond acceptors (Lipinski definition) is 2. The Bertz CT molecular complexity index is 145. The van der Waals surface area contributed by atoms with Gasteiger partial charge < -0.3 is 9.64 Å². The van der Waals surface area contributed by atoms with Gasteiger partial charge in [0.2, 0.25) is 0 Å². The Kier molecular flexibility index (Phi) is 2.91. The Balaban J connectivity index is 2.48. The van der Waals surface area contributed by atoms with E-state index in [9.17, 15) is 0 Å². The molecule has 0 amide bonds. The molecular weight excluding hydrogens is 157 g/mol. The Morgan fingerprint density at radius 3 is 2.64 bits per heavy atom. The van der Waals surface area contributed by atoms with Crippen LogP contribution in [0.15, 0.2) is 12.8 Å². The highest BCUT2D eigenvalue weighted by atomic mass is 31.0. The van der Waals surface area contributed by atoms with Gasteiger partial charge in [-0.2, -0.15) is 0 Å². The van der Waals surface area contributed by atoms with Crippen LogP contribution in [0.2, 0.25) is 0 Å². The fourth-order valence-corrected chi connectivity index (χ4v) is 1.93. The van der Waals surface area contributed by atoms with Crippen molar-refractivity contribution >= 4 is 9.24 Å². The van der Waals surface area contributed by atoms with Crippen molar-refractivity contribution in [3.63, 3.8) is 0 Å². The third kappa shape index (κ3) is 1.74. The summed E-state index contributed by atoms with van der Waals surface area (Å²) >= 11 is 0. The molecule has 0 bridgehead atoms. The molecule has 11 heavy (non-hydrogen) atoms. The monoisotopic (exact) mass is 173 g/mol. The van der Waals surface area contributed by atoms with Crippen molar-refractivity contribution in [3.05, 3.63) is 12.8 Å². The molecule has 0 aliphatic heterocycles. The number of ether oxygens (including phenoxy) is 1. The zero-order valence-electron chi connectivity index (χ0n) is 7.05. The molecule has 1 rings (SSSR count). The first-order chi connectivity index (χ1) is 5.29. The summed E-state index contributed by atoms with van der Waals surface area (Å²) in [5, 5.41) is 0. The van der Waals surface area contributed by atoms with Gasteiger partial charge in [0.15, 0.2) is 0 Å². The zero-order chi connectivity index (χ0) is 8.32. The molecule has 2 nitrogen and oxygen atoms in total. The van der Waals surface area contributed by atoms with Crippen LogP contribution in [0, 0.1) is 0 Å². The standard InChI is InChI=1S/C8H16NOP/c1-3-9(7-11)8(4-5-8)6-10-2/h3H,1,4-7,11H2,2H3. The van der Waals surface area contributed by atoms with Gasteiger partial charge in [-0.15, -0.1) is 9.24 Å². The van der Waals surface area contributed by atoms with Crippen LogP contribution in [0.5, 0.6) is 0 Å². The molecule has 1 fully saturated rings. The molecule has 0 radical (unpaired) electrons. The van der Waals surface area contributed by atoms with Crippen LogP contribution in [-0.4, -0.2) is 30.4 Å². The van der Waals surface area contributed by atoms with Crippen LogP contribution in [0.4, 0.5) is 0 Å². The molecule has 1 saturated carbocycles. The van der Waals surface area contributed by atoms with E-state index in [4.69, 9.17) is 4.74 Å². The van der Waals surface area contributed by atoms with Crippen LogP contribution < -0.4 is 0 Å². The van der Waals surface area contributed by atoms with Crippen molar-refractivity contribution in [2.45, 2.75) is 18.4 Å². The summed E-state index contributed by atoms with van der Waals surface area (Å²) in [6.07, 6.45) is 5.33. The summed E-state index contributed by atoms with van der Waals surface area (Å²) in [6.45, 7) is 4.60. The average Bonchev–Trinajstić information content (AvgIpc) is 2.73. The number of rotatable bonds is 5. The van der Waals surface area contributed by atoms with E-state index in [2.05, 4.69) is 20.7 Å². The maximum absolute atomic E-state index is 5.16. The first kappa shape index (κ1) is 9.02. The smallest absolute Gasteiger partial charge is 0.0694 e. The molecule has 3 heteroatoms. The fraction of sp³-hybridized carbons (Fsp3) is 0.750. The summed E-state index contributed by atoms with van der Waals surface area (Å²) in [6, 6.07) is 0. The van der Waals surface area contributed by atoms with Gasteiger partial charge in [0, 0.05) is 13.4 Å². The fourth-order valence-electron chi connectivity index (χ4n) is 1.39. The van der Waals surface area contributed by atoms with E-state index >= 15 is 0 Å². The second kappa shape index (κ2) is 3.55. The van der Waals surface area contributed by atoms with E-state index in [1.165, 1.54) is 12.8 Å². The van der Waals surface area contributed by atoms with Crippen molar-refractivity contribution in [1.29, 1.82) is 0 Å². The Morgan fingerprint density at radius 1 is 1.73 bits per heavy atom. The lowest BCUT2D eigenvalue weighted by atomic mass is 10.3. The van der Waals surface area contributed by atoms with Crippen LogP contribution in [0.1, 0.15) is 12.8 Å². The highest BCUT2D eigenvalue weighted by molar-refractivity contribution is 7.16. The Morgan fingerprint density at radius 2 is 2.36 bits per heavy atom. The Labute approximate surface area is 70.8 Å². The van der Waals surface area contributed by atoms with Gasteiger partial charge in [0.05, 0.1) is 12.1 Å². The molecule has 0 N–H and O–H groups in total. The maximum Gasteiger partial charge on any atom is 0.0694 e. The minimum absolute atomic E-state index is 0.290. The van der Waals surface area contributed by atoms with E-state index in [0.717, 1.165) is 12.9 Å². The highest BCUT2D eigenvalue weighted by Crippen LogP contribution is 2.42. The molecule has 64 valence electrons. The van der Waals surface area contributed by atoms with Gasteiger partial charge in [-0.05, 0) is 19.0 Å². The molecule has 0 aromatic carbocycles. The number of methoxy groups -OCH3 is 1.